The van der Waals surface area contributed by atoms with Gasteiger partial charge in [0.1, 0.15) is 0 Å². The quantitative estimate of drug-likeness (QED) is 0.615. The first-order chi connectivity index (χ1) is 13.3. The van der Waals surface area contributed by atoms with Crippen LogP contribution in [0.5, 0.6) is 0 Å². The van der Waals surface area contributed by atoms with Crippen LogP contribution in [0.15, 0.2) is 64.2 Å². The number of aromatic nitrogens is 2. The third-order valence-electron chi connectivity index (χ3n) is 4.63. The molecule has 2 aromatic carbocycles. The van der Waals surface area contributed by atoms with E-state index < -0.39 is 6.10 Å². The lowest BCUT2D eigenvalue weighted by Crippen LogP contribution is -2.22. The number of aliphatic hydroxyl groups excluding tert-OH is 1. The number of ether oxygens (including phenoxy) is 1. The van der Waals surface area contributed by atoms with Gasteiger partial charge in [0.15, 0.2) is 0 Å². The molecule has 1 heterocycles. The van der Waals surface area contributed by atoms with Crippen molar-refractivity contribution in [2.24, 2.45) is 0 Å². The monoisotopic (exact) mass is 382 g/mol. The molecular weight excluding hydrogens is 360 g/mol. The van der Waals surface area contributed by atoms with Crippen molar-refractivity contribution in [1.29, 1.82) is 0 Å². The maximum atomic E-state index is 10.3. The number of nitrogens with zero attached hydrogens (tertiary/aromatic N) is 2. The van der Waals surface area contributed by atoms with Crippen molar-refractivity contribution in [3.8, 4) is 11.5 Å². The van der Waals surface area contributed by atoms with Crippen LogP contribution in [-0.4, -0.2) is 33.8 Å². The number of hydrogen-bond donors (Lipinski definition) is 1. The fraction of sp³-hybridized carbons (Fsp3) is 0.333. The van der Waals surface area contributed by atoms with E-state index in [2.05, 4.69) is 28.4 Å². The minimum absolute atomic E-state index is 0.0719. The van der Waals surface area contributed by atoms with Gasteiger partial charge in [-0.1, -0.05) is 54.2 Å². The molecule has 1 aliphatic carbocycles. The summed E-state index contributed by atoms with van der Waals surface area (Å²) in [4.78, 5) is 0. The molecule has 1 aliphatic rings. The molecule has 1 N–H and O–H groups in total. The zero-order valence-electron chi connectivity index (χ0n) is 15.0. The van der Waals surface area contributed by atoms with Crippen LogP contribution in [0.4, 0.5) is 0 Å². The Bertz CT molecular complexity index is 869. The zero-order valence-corrected chi connectivity index (χ0v) is 15.8. The Balaban J connectivity index is 1.27. The van der Waals surface area contributed by atoms with Gasteiger partial charge in [-0.2, -0.15) is 0 Å². The maximum absolute atomic E-state index is 10.3. The number of hydrogen-bond acceptors (Lipinski definition) is 6. The van der Waals surface area contributed by atoms with Crippen LogP contribution in [0.25, 0.3) is 11.5 Å². The molecule has 2 atom stereocenters. The molecule has 6 heteroatoms. The van der Waals surface area contributed by atoms with Crippen LogP contribution in [-0.2, 0) is 11.2 Å². The molecule has 140 valence electrons. The van der Waals surface area contributed by atoms with Gasteiger partial charge in [0.25, 0.3) is 5.22 Å². The summed E-state index contributed by atoms with van der Waals surface area (Å²) < 4.78 is 11.7. The summed E-state index contributed by atoms with van der Waals surface area (Å²) >= 11 is 1.35. The molecule has 0 saturated heterocycles. The largest absolute Gasteiger partial charge is 0.411 e. The highest BCUT2D eigenvalue weighted by Crippen LogP contribution is 2.32. The second-order valence-electron chi connectivity index (χ2n) is 6.62. The van der Waals surface area contributed by atoms with E-state index in [9.17, 15) is 5.11 Å². The first kappa shape index (κ1) is 18.2. The zero-order chi connectivity index (χ0) is 18.5. The SMILES string of the molecule is O[C@@H](CO[C@H]1CCCc2ccccc21)CSc1nnc(-c2ccccc2)o1. The Morgan fingerprint density at radius 2 is 1.93 bits per heavy atom. The van der Waals surface area contributed by atoms with Gasteiger partial charge in [0, 0.05) is 11.3 Å². The van der Waals surface area contributed by atoms with Crippen molar-refractivity contribution in [3.05, 3.63) is 65.7 Å². The van der Waals surface area contributed by atoms with Crippen LogP contribution < -0.4 is 0 Å². The summed E-state index contributed by atoms with van der Waals surface area (Å²) in [5.41, 5.74) is 3.50. The summed E-state index contributed by atoms with van der Waals surface area (Å²) in [5, 5.41) is 18.8. The predicted octanol–water partition coefficient (Wildman–Crippen LogP) is 4.28. The standard InChI is InChI=1S/C21H22N2O3S/c24-17(13-25-19-12-6-10-15-7-4-5-11-18(15)19)14-27-21-23-22-20(26-21)16-8-2-1-3-9-16/h1-5,7-9,11,17,19,24H,6,10,12-14H2/t17-,19-/m0/s1. The molecule has 0 amide bonds. The second-order valence-corrected chi connectivity index (χ2v) is 7.59. The Labute approximate surface area is 162 Å². The molecule has 0 spiro atoms. The van der Waals surface area contributed by atoms with Crippen molar-refractivity contribution < 1.29 is 14.3 Å². The summed E-state index contributed by atoms with van der Waals surface area (Å²) in [6.45, 7) is 0.297. The van der Waals surface area contributed by atoms with Crippen molar-refractivity contribution in [3.63, 3.8) is 0 Å². The summed E-state index contributed by atoms with van der Waals surface area (Å²) in [6.07, 6.45) is 2.71. The minimum Gasteiger partial charge on any atom is -0.411 e. The van der Waals surface area contributed by atoms with Gasteiger partial charge >= 0.3 is 0 Å². The van der Waals surface area contributed by atoms with Crippen molar-refractivity contribution in [1.82, 2.24) is 10.2 Å². The average molecular weight is 382 g/mol. The average Bonchev–Trinajstić information content (AvgIpc) is 3.20. The Kier molecular flexibility index (Phi) is 5.87. The van der Waals surface area contributed by atoms with Crippen molar-refractivity contribution in [2.75, 3.05) is 12.4 Å². The molecule has 0 aliphatic heterocycles. The fourth-order valence-corrected chi connectivity index (χ4v) is 3.96. The number of aryl methyl sites for hydroxylation is 1. The van der Waals surface area contributed by atoms with Crippen LogP contribution in [0.2, 0.25) is 0 Å². The Hall–Kier alpha value is -2.15. The van der Waals surface area contributed by atoms with Gasteiger partial charge in [0.2, 0.25) is 5.89 Å². The second kappa shape index (κ2) is 8.69. The lowest BCUT2D eigenvalue weighted by atomic mass is 9.89. The van der Waals surface area contributed by atoms with Crippen LogP contribution in [0.1, 0.15) is 30.1 Å². The van der Waals surface area contributed by atoms with E-state index in [1.165, 1.54) is 22.9 Å². The molecule has 1 aromatic heterocycles. The number of thioether (sulfide) groups is 1. The van der Waals surface area contributed by atoms with Crippen molar-refractivity contribution >= 4 is 11.8 Å². The molecular formula is C21H22N2O3S. The van der Waals surface area contributed by atoms with Crippen LogP contribution >= 0.6 is 11.8 Å². The minimum atomic E-state index is -0.587. The Morgan fingerprint density at radius 3 is 2.81 bits per heavy atom. The molecule has 0 saturated carbocycles. The van der Waals surface area contributed by atoms with Gasteiger partial charge < -0.3 is 14.3 Å². The highest BCUT2D eigenvalue weighted by atomic mass is 32.2. The van der Waals surface area contributed by atoms with Crippen LogP contribution in [0.3, 0.4) is 0 Å². The summed E-state index contributed by atoms with van der Waals surface area (Å²) in [6, 6.07) is 18.1. The van der Waals surface area contributed by atoms with E-state index >= 15 is 0 Å². The number of rotatable bonds is 7. The smallest absolute Gasteiger partial charge is 0.276 e. The third kappa shape index (κ3) is 4.58. The fourth-order valence-electron chi connectivity index (χ4n) is 3.29. The first-order valence-corrected chi connectivity index (χ1v) is 10.2. The first-order valence-electron chi connectivity index (χ1n) is 9.19. The molecule has 0 radical (unpaired) electrons. The van der Waals surface area contributed by atoms with E-state index in [0.717, 1.165) is 24.8 Å². The molecule has 0 fully saturated rings. The van der Waals surface area contributed by atoms with E-state index in [0.29, 0.717) is 23.5 Å². The molecule has 0 unspecified atom stereocenters. The highest BCUT2D eigenvalue weighted by Gasteiger charge is 2.21. The molecule has 4 rings (SSSR count). The predicted molar refractivity (Wildman–Crippen MR) is 105 cm³/mol. The molecule has 3 aromatic rings. The highest BCUT2D eigenvalue weighted by molar-refractivity contribution is 7.99. The lowest BCUT2D eigenvalue weighted by Gasteiger charge is -2.26. The van der Waals surface area contributed by atoms with Crippen molar-refractivity contribution in [2.45, 2.75) is 36.7 Å². The number of benzene rings is 2. The van der Waals surface area contributed by atoms with E-state index in [1.807, 2.05) is 36.4 Å². The lowest BCUT2D eigenvalue weighted by molar-refractivity contribution is -0.00963. The summed E-state index contributed by atoms with van der Waals surface area (Å²) in [7, 11) is 0. The van der Waals surface area contributed by atoms with Gasteiger partial charge in [-0.25, -0.2) is 0 Å². The van der Waals surface area contributed by atoms with E-state index in [4.69, 9.17) is 9.15 Å². The third-order valence-corrected chi connectivity index (χ3v) is 5.59. The van der Waals surface area contributed by atoms with Gasteiger partial charge in [-0.15, -0.1) is 10.2 Å². The maximum Gasteiger partial charge on any atom is 0.276 e. The normalized spacial score (nSPS) is 17.4. The van der Waals surface area contributed by atoms with Crippen LogP contribution in [0, 0.1) is 0 Å². The van der Waals surface area contributed by atoms with Gasteiger partial charge in [-0.05, 0) is 42.5 Å². The van der Waals surface area contributed by atoms with E-state index in [1.54, 1.807) is 0 Å². The molecule has 5 nitrogen and oxygen atoms in total. The number of aliphatic hydroxyl groups is 1. The number of fused-ring (bicyclic) bond motifs is 1. The molecule has 27 heavy (non-hydrogen) atoms. The molecule has 0 bridgehead atoms. The van der Waals surface area contributed by atoms with Gasteiger partial charge in [0.05, 0.1) is 18.8 Å². The van der Waals surface area contributed by atoms with Gasteiger partial charge in [-0.3, -0.25) is 0 Å². The topological polar surface area (TPSA) is 68.4 Å². The van der Waals surface area contributed by atoms with E-state index in [-0.39, 0.29) is 6.10 Å². The Morgan fingerprint density at radius 1 is 1.11 bits per heavy atom. The summed E-state index contributed by atoms with van der Waals surface area (Å²) in [5.74, 6) is 0.938.